The van der Waals surface area contributed by atoms with Crippen molar-refractivity contribution in [3.63, 3.8) is 0 Å². The first-order chi connectivity index (χ1) is 14.2. The molecule has 1 atom stereocenters. The third kappa shape index (κ3) is 6.53. The van der Waals surface area contributed by atoms with Crippen molar-refractivity contribution in [1.82, 2.24) is 10.4 Å². The van der Waals surface area contributed by atoms with Gasteiger partial charge in [0.1, 0.15) is 17.2 Å². The molecule has 1 aliphatic rings. The summed E-state index contributed by atoms with van der Waals surface area (Å²) in [6.07, 6.45) is -1.58. The predicted octanol–water partition coefficient (Wildman–Crippen LogP) is 2.37. The second kappa shape index (κ2) is 8.75. The van der Waals surface area contributed by atoms with Crippen molar-refractivity contribution in [1.29, 1.82) is 0 Å². The lowest BCUT2D eigenvalue weighted by Crippen LogP contribution is -2.48. The van der Waals surface area contributed by atoms with Crippen LogP contribution < -0.4 is 5.32 Å². The number of carbonyl (C=O) groups is 5. The van der Waals surface area contributed by atoms with E-state index in [-0.39, 0.29) is 11.1 Å². The van der Waals surface area contributed by atoms with Crippen molar-refractivity contribution < 1.29 is 38.3 Å². The molecule has 0 fully saturated rings. The Morgan fingerprint density at radius 3 is 1.84 bits per heavy atom. The van der Waals surface area contributed by atoms with E-state index in [1.54, 1.807) is 53.7 Å². The summed E-state index contributed by atoms with van der Waals surface area (Å²) in [5, 5.41) is 2.53. The average molecular weight is 434 g/mol. The maximum atomic E-state index is 12.7. The minimum absolute atomic E-state index is 0.0732. The molecular weight excluding hydrogens is 408 g/mol. The first kappa shape index (κ1) is 23.8. The molecule has 168 valence electrons. The Morgan fingerprint density at radius 2 is 1.39 bits per heavy atom. The van der Waals surface area contributed by atoms with E-state index in [4.69, 9.17) is 14.3 Å². The van der Waals surface area contributed by atoms with Gasteiger partial charge in [-0.2, -0.15) is 0 Å². The van der Waals surface area contributed by atoms with Gasteiger partial charge in [-0.05, 0) is 53.7 Å². The molecule has 0 bridgehead atoms. The van der Waals surface area contributed by atoms with E-state index in [1.165, 1.54) is 12.1 Å². The number of nitrogens with zero attached hydrogens (tertiary/aromatic N) is 1. The van der Waals surface area contributed by atoms with Crippen molar-refractivity contribution >= 4 is 29.8 Å². The molecule has 3 amide bonds. The Balaban J connectivity index is 2.17. The van der Waals surface area contributed by atoms with Crippen LogP contribution in [0.3, 0.4) is 0 Å². The molecule has 0 saturated heterocycles. The maximum absolute atomic E-state index is 12.7. The van der Waals surface area contributed by atoms with Gasteiger partial charge in [0.2, 0.25) is 0 Å². The van der Waals surface area contributed by atoms with E-state index in [0.717, 1.165) is 0 Å². The van der Waals surface area contributed by atoms with E-state index >= 15 is 0 Å². The van der Waals surface area contributed by atoms with Gasteiger partial charge in [-0.3, -0.25) is 14.4 Å². The van der Waals surface area contributed by atoms with Gasteiger partial charge in [-0.1, -0.05) is 17.2 Å². The summed E-state index contributed by atoms with van der Waals surface area (Å²) in [7, 11) is 0. The summed E-state index contributed by atoms with van der Waals surface area (Å²) in [6.45, 7) is 9.76. The Hall–Kier alpha value is -3.43. The van der Waals surface area contributed by atoms with Crippen LogP contribution in [0.15, 0.2) is 24.3 Å². The van der Waals surface area contributed by atoms with Crippen molar-refractivity contribution in [2.45, 2.75) is 65.2 Å². The molecule has 0 saturated carbocycles. The number of alkyl carbamates (subject to hydrolysis) is 1. The van der Waals surface area contributed by atoms with Crippen LogP contribution in [0.1, 0.15) is 68.7 Å². The van der Waals surface area contributed by atoms with Crippen molar-refractivity contribution in [3.05, 3.63) is 35.4 Å². The van der Waals surface area contributed by atoms with Crippen LogP contribution in [-0.4, -0.2) is 52.2 Å². The first-order valence-electron chi connectivity index (χ1n) is 9.59. The molecule has 10 heteroatoms. The molecule has 1 heterocycles. The number of esters is 1. The standard InChI is InChI=1S/C21H26N2O8/c1-20(2,3)29-15(24)11-14(22-19(28)30-21(4,5)6)18(27)31-23-16(25)12-9-7-8-10-13(12)17(23)26/h7-10,14H,11H2,1-6H3,(H,22,28)/t14-/m0/s1. The highest BCUT2D eigenvalue weighted by atomic mass is 16.7. The van der Waals surface area contributed by atoms with Crippen molar-refractivity contribution in [2.24, 2.45) is 0 Å². The highest BCUT2D eigenvalue weighted by molar-refractivity contribution is 6.21. The molecule has 2 rings (SSSR count). The third-order valence-corrected chi connectivity index (χ3v) is 3.70. The summed E-state index contributed by atoms with van der Waals surface area (Å²) in [5.74, 6) is -3.66. The maximum Gasteiger partial charge on any atom is 0.408 e. The van der Waals surface area contributed by atoms with Gasteiger partial charge in [-0.15, -0.1) is 0 Å². The summed E-state index contributed by atoms with van der Waals surface area (Å²) < 4.78 is 10.3. The Bertz CT molecular complexity index is 846. The number of nitrogens with one attached hydrogen (secondary N) is 1. The molecular formula is C21H26N2O8. The SMILES string of the molecule is CC(C)(C)OC(=O)C[C@H](NC(=O)OC(C)(C)C)C(=O)ON1C(=O)c2ccccc2C1=O. The number of hydrogen-bond donors (Lipinski definition) is 1. The Labute approximate surface area is 179 Å². The fourth-order valence-electron chi connectivity index (χ4n) is 2.60. The number of hydroxylamine groups is 2. The normalized spacial score (nSPS) is 14.6. The summed E-state index contributed by atoms with van der Waals surface area (Å²) in [5.41, 5.74) is -1.55. The largest absolute Gasteiger partial charge is 0.460 e. The van der Waals surface area contributed by atoms with Gasteiger partial charge in [0.25, 0.3) is 11.8 Å². The number of imide groups is 1. The Kier molecular flexibility index (Phi) is 6.73. The number of rotatable bonds is 5. The first-order valence-corrected chi connectivity index (χ1v) is 9.59. The molecule has 31 heavy (non-hydrogen) atoms. The van der Waals surface area contributed by atoms with Gasteiger partial charge < -0.3 is 19.6 Å². The van der Waals surface area contributed by atoms with E-state index < -0.39 is 53.5 Å². The fraction of sp³-hybridized carbons (Fsp3) is 0.476. The topological polar surface area (TPSA) is 128 Å². The second-order valence-electron chi connectivity index (χ2n) is 8.85. The van der Waals surface area contributed by atoms with Crippen LogP contribution >= 0.6 is 0 Å². The number of ether oxygens (including phenoxy) is 2. The van der Waals surface area contributed by atoms with Gasteiger partial charge in [0.15, 0.2) is 0 Å². The molecule has 0 radical (unpaired) electrons. The van der Waals surface area contributed by atoms with Crippen LogP contribution in [0, 0.1) is 0 Å². The number of hydrogen-bond acceptors (Lipinski definition) is 8. The van der Waals surface area contributed by atoms with E-state index in [9.17, 15) is 24.0 Å². The third-order valence-electron chi connectivity index (χ3n) is 3.70. The molecule has 10 nitrogen and oxygen atoms in total. The molecule has 1 aliphatic heterocycles. The zero-order valence-corrected chi connectivity index (χ0v) is 18.3. The number of benzene rings is 1. The molecule has 0 aliphatic carbocycles. The van der Waals surface area contributed by atoms with Crippen molar-refractivity contribution in [2.75, 3.05) is 0 Å². The van der Waals surface area contributed by atoms with Crippen LogP contribution in [0.25, 0.3) is 0 Å². The fourth-order valence-corrected chi connectivity index (χ4v) is 2.60. The highest BCUT2D eigenvalue weighted by Gasteiger charge is 2.41. The summed E-state index contributed by atoms with van der Waals surface area (Å²) >= 11 is 0. The average Bonchev–Trinajstić information content (AvgIpc) is 2.83. The lowest BCUT2D eigenvalue weighted by atomic mass is 10.1. The monoisotopic (exact) mass is 434 g/mol. The number of carbonyl (C=O) groups excluding carboxylic acids is 5. The van der Waals surface area contributed by atoms with Gasteiger partial charge in [0.05, 0.1) is 17.5 Å². The number of amides is 3. The van der Waals surface area contributed by atoms with Gasteiger partial charge in [0, 0.05) is 0 Å². The van der Waals surface area contributed by atoms with E-state index in [1.807, 2.05) is 0 Å². The predicted molar refractivity (Wildman–Crippen MR) is 107 cm³/mol. The molecule has 0 unspecified atom stereocenters. The smallest absolute Gasteiger partial charge is 0.408 e. The second-order valence-corrected chi connectivity index (χ2v) is 8.85. The van der Waals surface area contributed by atoms with Gasteiger partial charge in [-0.25, -0.2) is 9.59 Å². The molecule has 1 aromatic rings. The quantitative estimate of drug-likeness (QED) is 0.552. The molecule has 1 aromatic carbocycles. The lowest BCUT2D eigenvalue weighted by Gasteiger charge is -2.24. The van der Waals surface area contributed by atoms with Crippen molar-refractivity contribution in [3.8, 4) is 0 Å². The molecule has 1 N–H and O–H groups in total. The minimum atomic E-state index is -1.56. The van der Waals surface area contributed by atoms with Crippen LogP contribution in [0.4, 0.5) is 4.79 Å². The minimum Gasteiger partial charge on any atom is -0.460 e. The van der Waals surface area contributed by atoms with Crippen LogP contribution in [0.5, 0.6) is 0 Å². The van der Waals surface area contributed by atoms with E-state index in [2.05, 4.69) is 5.32 Å². The zero-order valence-electron chi connectivity index (χ0n) is 18.3. The summed E-state index contributed by atoms with van der Waals surface area (Å²) in [4.78, 5) is 66.8. The summed E-state index contributed by atoms with van der Waals surface area (Å²) in [6, 6.07) is 4.39. The van der Waals surface area contributed by atoms with Crippen LogP contribution in [0.2, 0.25) is 0 Å². The zero-order chi connectivity index (χ0) is 23.6. The highest BCUT2D eigenvalue weighted by Crippen LogP contribution is 2.23. The number of fused-ring (bicyclic) bond motifs is 1. The van der Waals surface area contributed by atoms with Crippen LogP contribution in [-0.2, 0) is 23.9 Å². The lowest BCUT2D eigenvalue weighted by molar-refractivity contribution is -0.174. The van der Waals surface area contributed by atoms with E-state index in [0.29, 0.717) is 5.06 Å². The molecule has 0 aromatic heterocycles. The van der Waals surface area contributed by atoms with Gasteiger partial charge >= 0.3 is 18.0 Å². The molecule has 0 spiro atoms. The Morgan fingerprint density at radius 1 is 0.903 bits per heavy atom.